The predicted octanol–water partition coefficient (Wildman–Crippen LogP) is -1.78. The molecule has 1 rings (SSSR count). The van der Waals surface area contributed by atoms with E-state index in [0.717, 1.165) is 0 Å². The van der Waals surface area contributed by atoms with Gasteiger partial charge in [0, 0.05) is 0 Å². The SMILES string of the molecule is COc1cc(C)c(S(=O)(=O)[O-])c(C)c1.[Na+]. The molecule has 0 saturated heterocycles. The van der Waals surface area contributed by atoms with Gasteiger partial charge < -0.3 is 9.29 Å². The Morgan fingerprint density at radius 1 is 1.20 bits per heavy atom. The van der Waals surface area contributed by atoms with E-state index in [2.05, 4.69) is 0 Å². The molecule has 0 fully saturated rings. The van der Waals surface area contributed by atoms with Crippen LogP contribution in [0.1, 0.15) is 11.1 Å². The van der Waals surface area contributed by atoms with Crippen molar-refractivity contribution in [2.45, 2.75) is 18.7 Å². The molecular weight excluding hydrogens is 227 g/mol. The quantitative estimate of drug-likeness (QED) is 0.451. The van der Waals surface area contributed by atoms with E-state index in [0.29, 0.717) is 16.9 Å². The number of methoxy groups -OCH3 is 1. The first-order valence-electron chi connectivity index (χ1n) is 3.97. The molecule has 0 bridgehead atoms. The van der Waals surface area contributed by atoms with Crippen molar-refractivity contribution in [1.29, 1.82) is 0 Å². The fourth-order valence-corrected chi connectivity index (χ4v) is 2.33. The first-order chi connectivity index (χ1) is 6.36. The number of rotatable bonds is 2. The van der Waals surface area contributed by atoms with Crippen molar-refractivity contribution in [3.8, 4) is 5.75 Å². The third kappa shape index (κ3) is 3.46. The largest absolute Gasteiger partial charge is 1.00 e. The van der Waals surface area contributed by atoms with E-state index in [1.807, 2.05) is 0 Å². The Hall–Kier alpha value is -0.0700. The summed E-state index contributed by atoms with van der Waals surface area (Å²) in [7, 11) is -2.91. The maximum atomic E-state index is 10.9. The molecule has 0 unspecified atom stereocenters. The molecule has 0 amide bonds. The van der Waals surface area contributed by atoms with Crippen LogP contribution in [0, 0.1) is 13.8 Å². The second-order valence-corrected chi connectivity index (χ2v) is 4.36. The van der Waals surface area contributed by atoms with Gasteiger partial charge in [0.2, 0.25) is 0 Å². The van der Waals surface area contributed by atoms with Crippen LogP contribution in [-0.2, 0) is 10.1 Å². The number of aryl methyl sites for hydroxylation is 2. The fourth-order valence-electron chi connectivity index (χ4n) is 1.42. The molecular formula is C9H11NaO4S. The summed E-state index contributed by atoms with van der Waals surface area (Å²) in [5.41, 5.74) is 0.828. The topological polar surface area (TPSA) is 66.4 Å². The molecule has 1 aromatic carbocycles. The molecule has 6 heteroatoms. The van der Waals surface area contributed by atoms with E-state index < -0.39 is 10.1 Å². The maximum Gasteiger partial charge on any atom is 1.00 e. The minimum absolute atomic E-state index is 0. The Morgan fingerprint density at radius 3 is 1.87 bits per heavy atom. The molecule has 0 aliphatic rings. The second kappa shape index (κ2) is 5.32. The molecule has 0 N–H and O–H groups in total. The third-order valence-corrected chi connectivity index (χ3v) is 3.06. The second-order valence-electron chi connectivity index (χ2n) is 3.04. The molecule has 78 valence electrons. The van der Waals surface area contributed by atoms with Crippen molar-refractivity contribution < 1.29 is 47.3 Å². The zero-order valence-corrected chi connectivity index (χ0v) is 12.0. The van der Waals surface area contributed by atoms with Crippen LogP contribution < -0.4 is 34.3 Å². The Labute approximate surface area is 112 Å². The first kappa shape index (κ1) is 14.9. The molecule has 0 aromatic heterocycles. The molecule has 0 radical (unpaired) electrons. The minimum Gasteiger partial charge on any atom is -0.744 e. The van der Waals surface area contributed by atoms with E-state index in [1.165, 1.54) is 19.2 Å². The van der Waals surface area contributed by atoms with Gasteiger partial charge in [-0.05, 0) is 37.1 Å². The number of ether oxygens (including phenoxy) is 1. The molecule has 0 aliphatic carbocycles. The first-order valence-corrected chi connectivity index (χ1v) is 5.38. The van der Waals surface area contributed by atoms with Gasteiger partial charge in [-0.3, -0.25) is 0 Å². The molecule has 0 aliphatic heterocycles. The van der Waals surface area contributed by atoms with Crippen molar-refractivity contribution >= 4 is 10.1 Å². The van der Waals surface area contributed by atoms with Crippen LogP contribution in [0.5, 0.6) is 5.75 Å². The van der Waals surface area contributed by atoms with Crippen LogP contribution >= 0.6 is 0 Å². The van der Waals surface area contributed by atoms with E-state index in [4.69, 9.17) is 4.74 Å². The van der Waals surface area contributed by atoms with Gasteiger partial charge in [0.1, 0.15) is 15.9 Å². The van der Waals surface area contributed by atoms with Crippen molar-refractivity contribution in [2.24, 2.45) is 0 Å². The summed E-state index contributed by atoms with van der Waals surface area (Å²) in [5, 5.41) is 0. The van der Waals surface area contributed by atoms with Gasteiger partial charge in [-0.25, -0.2) is 8.42 Å². The third-order valence-electron chi connectivity index (χ3n) is 1.92. The summed E-state index contributed by atoms with van der Waals surface area (Å²) in [4.78, 5) is -0.154. The summed E-state index contributed by atoms with van der Waals surface area (Å²) in [6.07, 6.45) is 0. The smallest absolute Gasteiger partial charge is 0.744 e. The zero-order valence-electron chi connectivity index (χ0n) is 9.20. The Bertz CT molecular complexity index is 430. The molecule has 0 spiro atoms. The van der Waals surface area contributed by atoms with Crippen LogP contribution in [0.3, 0.4) is 0 Å². The standard InChI is InChI=1S/C9H12O4S.Na/c1-6-4-8(13-3)5-7(2)9(6)14(10,11)12;/h4-5H,1-3H3,(H,10,11,12);/q;+1/p-1. The molecule has 0 saturated carbocycles. The molecule has 4 nitrogen and oxygen atoms in total. The summed E-state index contributed by atoms with van der Waals surface area (Å²) in [5.74, 6) is 0.549. The van der Waals surface area contributed by atoms with Crippen molar-refractivity contribution in [3.05, 3.63) is 23.3 Å². The van der Waals surface area contributed by atoms with E-state index in [9.17, 15) is 13.0 Å². The monoisotopic (exact) mass is 238 g/mol. The Balaban J connectivity index is 0.00000196. The number of hydrogen-bond acceptors (Lipinski definition) is 4. The van der Waals surface area contributed by atoms with Crippen LogP contribution in [-0.4, -0.2) is 20.1 Å². The van der Waals surface area contributed by atoms with Crippen LogP contribution in [0.25, 0.3) is 0 Å². The summed E-state index contributed by atoms with van der Waals surface area (Å²) in [6, 6.07) is 3.05. The molecule has 15 heavy (non-hydrogen) atoms. The van der Waals surface area contributed by atoms with E-state index in [-0.39, 0.29) is 34.5 Å². The van der Waals surface area contributed by atoms with Crippen molar-refractivity contribution in [3.63, 3.8) is 0 Å². The Kier molecular flexibility index (Phi) is 5.29. The van der Waals surface area contributed by atoms with Crippen LogP contribution in [0.2, 0.25) is 0 Å². The summed E-state index contributed by atoms with van der Waals surface area (Å²) < 4.78 is 37.6. The van der Waals surface area contributed by atoms with Crippen molar-refractivity contribution in [1.82, 2.24) is 0 Å². The zero-order chi connectivity index (χ0) is 10.9. The van der Waals surface area contributed by atoms with Crippen molar-refractivity contribution in [2.75, 3.05) is 7.11 Å². The van der Waals surface area contributed by atoms with Crippen LogP contribution in [0.15, 0.2) is 17.0 Å². The predicted molar refractivity (Wildman–Crippen MR) is 50.4 cm³/mol. The number of benzene rings is 1. The normalized spacial score (nSPS) is 10.7. The molecule has 0 atom stereocenters. The van der Waals surface area contributed by atoms with Crippen LogP contribution in [0.4, 0.5) is 0 Å². The summed E-state index contributed by atoms with van der Waals surface area (Å²) in [6.45, 7) is 3.14. The van der Waals surface area contributed by atoms with Gasteiger partial charge in [0.05, 0.1) is 12.0 Å². The van der Waals surface area contributed by atoms with Gasteiger partial charge in [-0.1, -0.05) is 0 Å². The van der Waals surface area contributed by atoms with E-state index in [1.54, 1.807) is 13.8 Å². The van der Waals surface area contributed by atoms with Gasteiger partial charge in [0.25, 0.3) is 0 Å². The Morgan fingerprint density at radius 2 is 1.60 bits per heavy atom. The average Bonchev–Trinajstić information content (AvgIpc) is 1.99. The average molecular weight is 238 g/mol. The number of hydrogen-bond donors (Lipinski definition) is 0. The molecule has 0 heterocycles. The maximum absolute atomic E-state index is 10.9. The van der Waals surface area contributed by atoms with Gasteiger partial charge in [0.15, 0.2) is 0 Å². The van der Waals surface area contributed by atoms with Gasteiger partial charge in [-0.2, -0.15) is 0 Å². The van der Waals surface area contributed by atoms with Gasteiger partial charge >= 0.3 is 29.6 Å². The fraction of sp³-hybridized carbons (Fsp3) is 0.333. The van der Waals surface area contributed by atoms with E-state index >= 15 is 0 Å². The molecule has 1 aromatic rings. The summed E-state index contributed by atoms with van der Waals surface area (Å²) >= 11 is 0. The minimum atomic E-state index is -4.39. The van der Waals surface area contributed by atoms with Gasteiger partial charge in [-0.15, -0.1) is 0 Å².